The Kier molecular flexibility index (Phi) is 4.55. The van der Waals surface area contributed by atoms with E-state index in [0.717, 1.165) is 47.1 Å². The molecule has 1 aliphatic heterocycles. The van der Waals surface area contributed by atoms with E-state index in [9.17, 15) is 4.79 Å². The number of benzene rings is 1. The van der Waals surface area contributed by atoms with Crippen LogP contribution in [-0.2, 0) is 0 Å². The molecule has 2 fully saturated rings. The predicted molar refractivity (Wildman–Crippen MR) is 111 cm³/mol. The first-order valence-corrected chi connectivity index (χ1v) is 10.4. The van der Waals surface area contributed by atoms with E-state index in [2.05, 4.69) is 9.88 Å². The van der Waals surface area contributed by atoms with E-state index in [1.54, 1.807) is 12.4 Å². The van der Waals surface area contributed by atoms with Crippen LogP contribution < -0.4 is 0 Å². The standard InChI is InChI=1S/C24H25N3O/c28-24(27-15-5-7-18-6-1-4-10-23(18)27)20-16-22(17-11-13-25-14-12-17)26-21-9-3-2-8-19(20)21/h2-3,8-9,11-14,16,18,23H,1,4-7,10,15H2/t18-,23+/m0/s1. The summed E-state index contributed by atoms with van der Waals surface area (Å²) in [5.41, 5.74) is 3.48. The topological polar surface area (TPSA) is 46.1 Å². The average molecular weight is 371 g/mol. The van der Waals surface area contributed by atoms with Gasteiger partial charge >= 0.3 is 0 Å². The fourth-order valence-electron chi connectivity index (χ4n) is 5.05. The molecule has 2 aromatic heterocycles. The van der Waals surface area contributed by atoms with Crippen molar-refractivity contribution >= 4 is 16.8 Å². The number of amides is 1. The molecular formula is C24H25N3O. The number of fused-ring (bicyclic) bond motifs is 2. The van der Waals surface area contributed by atoms with Gasteiger partial charge in [0.15, 0.2) is 0 Å². The molecule has 1 aromatic carbocycles. The van der Waals surface area contributed by atoms with Crippen molar-refractivity contribution in [3.05, 3.63) is 60.4 Å². The third-order valence-corrected chi connectivity index (χ3v) is 6.43. The van der Waals surface area contributed by atoms with Crippen molar-refractivity contribution in [1.29, 1.82) is 0 Å². The first-order chi connectivity index (χ1) is 13.8. The van der Waals surface area contributed by atoms with Crippen LogP contribution in [0.15, 0.2) is 54.9 Å². The van der Waals surface area contributed by atoms with E-state index in [4.69, 9.17) is 4.98 Å². The van der Waals surface area contributed by atoms with Crippen LogP contribution in [0.2, 0.25) is 0 Å². The summed E-state index contributed by atoms with van der Waals surface area (Å²) in [5, 5.41) is 0.947. The molecule has 1 saturated carbocycles. The lowest BCUT2D eigenvalue weighted by Crippen LogP contribution is -2.49. The van der Waals surface area contributed by atoms with Gasteiger partial charge in [0.1, 0.15) is 0 Å². The number of nitrogens with zero attached hydrogens (tertiary/aromatic N) is 3. The molecule has 1 aliphatic carbocycles. The van der Waals surface area contributed by atoms with Gasteiger partial charge in [0.05, 0.1) is 16.8 Å². The number of aromatic nitrogens is 2. The number of rotatable bonds is 2. The third kappa shape index (κ3) is 3.07. The molecule has 4 heteroatoms. The zero-order chi connectivity index (χ0) is 18.9. The van der Waals surface area contributed by atoms with Crippen LogP contribution in [0.3, 0.4) is 0 Å². The molecule has 0 unspecified atom stereocenters. The summed E-state index contributed by atoms with van der Waals surface area (Å²) in [5.74, 6) is 0.852. The minimum absolute atomic E-state index is 0.172. The molecule has 4 nitrogen and oxygen atoms in total. The quantitative estimate of drug-likeness (QED) is 0.630. The second-order valence-electron chi connectivity index (χ2n) is 8.06. The maximum absolute atomic E-state index is 13.7. The van der Waals surface area contributed by atoms with E-state index in [1.807, 2.05) is 42.5 Å². The fraction of sp³-hybridized carbons (Fsp3) is 0.375. The first-order valence-electron chi connectivity index (χ1n) is 10.4. The number of hydrogen-bond acceptors (Lipinski definition) is 3. The molecule has 0 spiro atoms. The molecule has 2 aliphatic rings. The average Bonchev–Trinajstić information content (AvgIpc) is 2.78. The Morgan fingerprint density at radius 3 is 2.64 bits per heavy atom. The number of hydrogen-bond donors (Lipinski definition) is 0. The second-order valence-corrected chi connectivity index (χ2v) is 8.06. The van der Waals surface area contributed by atoms with Crippen LogP contribution in [0, 0.1) is 5.92 Å². The van der Waals surface area contributed by atoms with Crippen molar-refractivity contribution in [2.45, 2.75) is 44.6 Å². The molecule has 5 rings (SSSR count). The molecule has 0 radical (unpaired) electrons. The number of piperidine rings is 1. The molecule has 3 heterocycles. The highest BCUT2D eigenvalue weighted by Crippen LogP contribution is 2.37. The van der Waals surface area contributed by atoms with Gasteiger partial charge in [0.2, 0.25) is 0 Å². The smallest absolute Gasteiger partial charge is 0.254 e. The van der Waals surface area contributed by atoms with Gasteiger partial charge in [0, 0.05) is 35.9 Å². The molecule has 1 amide bonds. The highest BCUT2D eigenvalue weighted by molar-refractivity contribution is 6.07. The van der Waals surface area contributed by atoms with Gasteiger partial charge in [-0.3, -0.25) is 9.78 Å². The maximum atomic E-state index is 13.7. The van der Waals surface area contributed by atoms with E-state index >= 15 is 0 Å². The normalized spacial score (nSPS) is 22.1. The Morgan fingerprint density at radius 1 is 0.964 bits per heavy atom. The highest BCUT2D eigenvalue weighted by Gasteiger charge is 2.36. The van der Waals surface area contributed by atoms with Crippen LogP contribution in [0.25, 0.3) is 22.2 Å². The molecule has 0 bridgehead atoms. The Morgan fingerprint density at radius 2 is 1.75 bits per heavy atom. The van der Waals surface area contributed by atoms with E-state index in [1.165, 1.54) is 25.7 Å². The van der Waals surface area contributed by atoms with Crippen molar-refractivity contribution in [3.63, 3.8) is 0 Å². The van der Waals surface area contributed by atoms with Gasteiger partial charge in [-0.25, -0.2) is 4.98 Å². The molecule has 2 atom stereocenters. The molecule has 1 saturated heterocycles. The van der Waals surface area contributed by atoms with Crippen molar-refractivity contribution in [3.8, 4) is 11.3 Å². The minimum atomic E-state index is 0.172. The van der Waals surface area contributed by atoms with Gasteiger partial charge in [-0.2, -0.15) is 0 Å². The van der Waals surface area contributed by atoms with Crippen LogP contribution >= 0.6 is 0 Å². The van der Waals surface area contributed by atoms with Crippen molar-refractivity contribution < 1.29 is 4.79 Å². The Labute approximate surface area is 165 Å². The van der Waals surface area contributed by atoms with Crippen LogP contribution in [-0.4, -0.2) is 33.4 Å². The largest absolute Gasteiger partial charge is 0.335 e. The SMILES string of the molecule is O=C(c1cc(-c2ccncc2)nc2ccccc12)N1CCC[C@@H]2CCCC[C@H]21. The Hall–Kier alpha value is -2.75. The van der Waals surface area contributed by atoms with Crippen molar-refractivity contribution in [1.82, 2.24) is 14.9 Å². The number of carbonyl (C=O) groups is 1. The fourth-order valence-corrected chi connectivity index (χ4v) is 5.05. The lowest BCUT2D eigenvalue weighted by atomic mass is 9.78. The van der Waals surface area contributed by atoms with Crippen molar-refractivity contribution in [2.75, 3.05) is 6.54 Å². The van der Waals surface area contributed by atoms with Gasteiger partial charge in [-0.1, -0.05) is 31.0 Å². The summed E-state index contributed by atoms with van der Waals surface area (Å²) >= 11 is 0. The number of likely N-dealkylation sites (tertiary alicyclic amines) is 1. The minimum Gasteiger partial charge on any atom is -0.335 e. The van der Waals surface area contributed by atoms with Gasteiger partial charge in [0.25, 0.3) is 5.91 Å². The third-order valence-electron chi connectivity index (χ3n) is 6.43. The zero-order valence-electron chi connectivity index (χ0n) is 16.1. The van der Waals surface area contributed by atoms with Gasteiger partial charge in [-0.15, -0.1) is 0 Å². The summed E-state index contributed by atoms with van der Waals surface area (Å²) in [7, 11) is 0. The predicted octanol–water partition coefficient (Wildman–Crippen LogP) is 5.09. The second kappa shape index (κ2) is 7.34. The molecule has 28 heavy (non-hydrogen) atoms. The lowest BCUT2D eigenvalue weighted by Gasteiger charge is -2.44. The summed E-state index contributed by atoms with van der Waals surface area (Å²) in [6.45, 7) is 0.876. The highest BCUT2D eigenvalue weighted by atomic mass is 16.2. The van der Waals surface area contributed by atoms with Gasteiger partial charge < -0.3 is 4.90 Å². The van der Waals surface area contributed by atoms with E-state index in [-0.39, 0.29) is 5.91 Å². The van der Waals surface area contributed by atoms with Gasteiger partial charge in [-0.05, 0) is 55.9 Å². The number of para-hydroxylation sites is 1. The van der Waals surface area contributed by atoms with Crippen LogP contribution in [0.5, 0.6) is 0 Å². The molecule has 0 N–H and O–H groups in total. The van der Waals surface area contributed by atoms with Crippen molar-refractivity contribution in [2.24, 2.45) is 5.92 Å². The molecule has 142 valence electrons. The lowest BCUT2D eigenvalue weighted by molar-refractivity contribution is 0.0392. The Bertz CT molecular complexity index is 999. The Balaban J connectivity index is 1.60. The molecule has 3 aromatic rings. The summed E-state index contributed by atoms with van der Waals surface area (Å²) in [6, 6.07) is 14.3. The monoisotopic (exact) mass is 371 g/mol. The summed E-state index contributed by atoms with van der Waals surface area (Å²) < 4.78 is 0. The van der Waals surface area contributed by atoms with E-state index in [0.29, 0.717) is 12.0 Å². The van der Waals surface area contributed by atoms with E-state index < -0.39 is 0 Å². The summed E-state index contributed by atoms with van der Waals surface area (Å²) in [4.78, 5) is 24.8. The molecular weight excluding hydrogens is 346 g/mol. The maximum Gasteiger partial charge on any atom is 0.254 e. The number of carbonyl (C=O) groups excluding carboxylic acids is 1. The van der Waals surface area contributed by atoms with Crippen LogP contribution in [0.4, 0.5) is 0 Å². The first kappa shape index (κ1) is 17.4. The van der Waals surface area contributed by atoms with Crippen LogP contribution in [0.1, 0.15) is 48.9 Å². The number of pyridine rings is 2. The summed E-state index contributed by atoms with van der Waals surface area (Å²) in [6.07, 6.45) is 10.9. The zero-order valence-corrected chi connectivity index (χ0v) is 16.1.